The molecule has 0 radical (unpaired) electrons. The van der Waals surface area contributed by atoms with Gasteiger partial charge in [-0.2, -0.15) is 9.97 Å². The normalized spacial score (nSPS) is 22.6. The van der Waals surface area contributed by atoms with E-state index in [9.17, 15) is 14.6 Å². The average molecular weight is 604 g/mol. The predicted octanol–water partition coefficient (Wildman–Crippen LogP) is 5.85. The van der Waals surface area contributed by atoms with Crippen LogP contribution in [-0.4, -0.2) is 76.5 Å². The highest BCUT2D eigenvalue weighted by Crippen LogP contribution is 2.49. The number of nitrogens with zero attached hydrogens (tertiary/aromatic N) is 5. The van der Waals surface area contributed by atoms with E-state index in [0.717, 1.165) is 51.6 Å². The van der Waals surface area contributed by atoms with Gasteiger partial charge in [0.25, 0.3) is 0 Å². The second-order valence-corrected chi connectivity index (χ2v) is 13.6. The van der Waals surface area contributed by atoms with E-state index in [-0.39, 0.29) is 45.7 Å². The summed E-state index contributed by atoms with van der Waals surface area (Å²) < 4.78 is 37.9. The van der Waals surface area contributed by atoms with Crippen molar-refractivity contribution in [3.8, 4) is 23.0 Å². The van der Waals surface area contributed by atoms with Gasteiger partial charge in [0.2, 0.25) is 0 Å². The van der Waals surface area contributed by atoms with Crippen LogP contribution in [0.3, 0.4) is 0 Å². The van der Waals surface area contributed by atoms with Crippen molar-refractivity contribution < 1.29 is 23.7 Å². The van der Waals surface area contributed by atoms with Gasteiger partial charge in [0.15, 0.2) is 5.82 Å². The molecule has 3 heterocycles. The maximum Gasteiger partial charge on any atom is 0.319 e. The predicted molar refractivity (Wildman–Crippen MR) is 166 cm³/mol. The van der Waals surface area contributed by atoms with Crippen LogP contribution in [0, 0.1) is 22.5 Å². The van der Waals surface area contributed by atoms with E-state index in [1.165, 1.54) is 12.1 Å². The van der Waals surface area contributed by atoms with Gasteiger partial charge in [-0.05, 0) is 99.0 Å². The summed E-state index contributed by atoms with van der Waals surface area (Å²) in [7, 11) is 4.08. The number of aliphatic hydroxyl groups excluding tert-OH is 1. The van der Waals surface area contributed by atoms with Crippen LogP contribution in [0.2, 0.25) is 0 Å². The molecule has 2 aromatic heterocycles. The summed E-state index contributed by atoms with van der Waals surface area (Å²) in [5.74, 6) is -0.552. The maximum atomic E-state index is 16.8. The molecule has 8 nitrogen and oxygen atoms in total. The Kier molecular flexibility index (Phi) is 7.12. The molecule has 2 N–H and O–H groups in total. The number of phenols is 1. The van der Waals surface area contributed by atoms with Crippen molar-refractivity contribution in [3.63, 3.8) is 0 Å². The Morgan fingerprint density at radius 3 is 2.61 bits per heavy atom. The number of benzene rings is 2. The third kappa shape index (κ3) is 5.11. The van der Waals surface area contributed by atoms with Crippen LogP contribution >= 0.6 is 0 Å². The molecule has 10 heteroatoms. The fraction of sp³-hybridized carbons (Fsp3) is 0.500. The minimum atomic E-state index is -0.672. The number of anilines is 1. The van der Waals surface area contributed by atoms with Gasteiger partial charge in [0, 0.05) is 36.8 Å². The first-order chi connectivity index (χ1) is 21.1. The Morgan fingerprint density at radius 2 is 1.91 bits per heavy atom. The van der Waals surface area contributed by atoms with Crippen molar-refractivity contribution in [2.75, 3.05) is 45.2 Å². The number of aromatic nitrogens is 3. The summed E-state index contributed by atoms with van der Waals surface area (Å²) in [5, 5.41) is 22.3. The molecule has 2 aromatic carbocycles. The number of hydrogen-bond acceptors (Lipinski definition) is 8. The van der Waals surface area contributed by atoms with Crippen molar-refractivity contribution in [1.29, 1.82) is 0 Å². The largest absolute Gasteiger partial charge is 0.508 e. The number of aliphatic hydroxyl groups is 1. The fourth-order valence-corrected chi connectivity index (χ4v) is 7.62. The first kappa shape index (κ1) is 29.1. The number of rotatable bonds is 8. The van der Waals surface area contributed by atoms with Crippen molar-refractivity contribution in [2.24, 2.45) is 10.8 Å². The standard InChI is InChI=1S/C34H39F2N5O3/c1-4-23-26(35)7-6-20-12-21(42)13-24(27(20)23)29-28(36)30-25(16-37-29)31(41-11-5-8-34(18-41)14-22(43)15-34)39-32(38-30)44-19-33(9-10-33)17-40(2)3/h6-7,12-13,16,22,42-43H,4-5,8-11,14-15,17-19H2,1-3H3. The molecule has 1 aliphatic heterocycles. The molecular weight excluding hydrogens is 564 g/mol. The van der Waals surface area contributed by atoms with E-state index in [4.69, 9.17) is 9.72 Å². The highest BCUT2D eigenvalue weighted by Gasteiger charge is 2.47. The van der Waals surface area contributed by atoms with Gasteiger partial charge >= 0.3 is 6.01 Å². The smallest absolute Gasteiger partial charge is 0.319 e. The van der Waals surface area contributed by atoms with Gasteiger partial charge < -0.3 is 24.7 Å². The van der Waals surface area contributed by atoms with E-state index >= 15 is 4.39 Å². The quantitative estimate of drug-likeness (QED) is 0.259. The lowest BCUT2D eigenvalue weighted by Gasteiger charge is -2.51. The summed E-state index contributed by atoms with van der Waals surface area (Å²) in [6, 6.07) is 6.05. The Bertz CT molecular complexity index is 1750. The topological polar surface area (TPSA) is 94.8 Å². The maximum absolute atomic E-state index is 16.8. The summed E-state index contributed by atoms with van der Waals surface area (Å²) in [6.45, 7) is 4.61. The van der Waals surface area contributed by atoms with Gasteiger partial charge in [-0.25, -0.2) is 8.78 Å². The molecule has 232 valence electrons. The zero-order chi connectivity index (χ0) is 30.8. The minimum Gasteiger partial charge on any atom is -0.508 e. The molecule has 3 aliphatic rings. The monoisotopic (exact) mass is 603 g/mol. The molecule has 0 atom stereocenters. The van der Waals surface area contributed by atoms with Crippen molar-refractivity contribution >= 4 is 27.5 Å². The number of phenolic OH excluding ortho intramolecular Hbond substituents is 1. The zero-order valence-electron chi connectivity index (χ0n) is 25.5. The molecule has 0 amide bonds. The number of ether oxygens (including phenoxy) is 1. The minimum absolute atomic E-state index is 0.0159. The number of fused-ring (bicyclic) bond motifs is 2. The molecule has 3 fully saturated rings. The van der Waals surface area contributed by atoms with Crippen LogP contribution in [0.4, 0.5) is 14.6 Å². The van der Waals surface area contributed by atoms with Crippen LogP contribution in [0.25, 0.3) is 32.9 Å². The summed E-state index contributed by atoms with van der Waals surface area (Å²) in [4.78, 5) is 18.3. The lowest BCUT2D eigenvalue weighted by molar-refractivity contribution is -0.0396. The average Bonchev–Trinajstić information content (AvgIpc) is 3.74. The van der Waals surface area contributed by atoms with E-state index in [0.29, 0.717) is 52.7 Å². The second-order valence-electron chi connectivity index (χ2n) is 13.6. The fourth-order valence-electron chi connectivity index (χ4n) is 7.62. The van der Waals surface area contributed by atoms with Gasteiger partial charge in [0.1, 0.15) is 28.6 Å². The summed E-state index contributed by atoms with van der Waals surface area (Å²) >= 11 is 0. The summed E-state index contributed by atoms with van der Waals surface area (Å²) in [6.07, 6.45) is 7.27. The highest BCUT2D eigenvalue weighted by molar-refractivity contribution is 6.01. The first-order valence-corrected chi connectivity index (χ1v) is 15.6. The van der Waals surface area contributed by atoms with Crippen LogP contribution in [0.15, 0.2) is 30.5 Å². The number of piperidine rings is 1. The van der Waals surface area contributed by atoms with Gasteiger partial charge in [-0.3, -0.25) is 4.98 Å². The molecule has 44 heavy (non-hydrogen) atoms. The lowest BCUT2D eigenvalue weighted by atomic mass is 9.62. The first-order valence-electron chi connectivity index (χ1n) is 15.6. The van der Waals surface area contributed by atoms with Gasteiger partial charge in [0.05, 0.1) is 18.1 Å². The molecule has 4 aromatic rings. The van der Waals surface area contributed by atoms with Gasteiger partial charge in [-0.1, -0.05) is 13.0 Å². The molecule has 2 saturated carbocycles. The van der Waals surface area contributed by atoms with Crippen molar-refractivity contribution in [3.05, 3.63) is 47.7 Å². The van der Waals surface area contributed by atoms with E-state index < -0.39 is 5.82 Å². The number of halogens is 2. The number of pyridine rings is 1. The molecule has 0 unspecified atom stereocenters. The Labute approximate surface area is 255 Å². The van der Waals surface area contributed by atoms with E-state index in [1.54, 1.807) is 18.3 Å². The van der Waals surface area contributed by atoms with Crippen LogP contribution in [0.5, 0.6) is 11.8 Å². The SMILES string of the molecule is CCc1c(F)ccc2cc(O)cc(-c3ncc4c(N5CCCC6(CC(O)C6)C5)nc(OCC5(CN(C)C)CC5)nc4c3F)c12. The molecule has 0 bridgehead atoms. The molecular formula is C34H39F2N5O3. The van der Waals surface area contributed by atoms with Crippen LogP contribution in [-0.2, 0) is 6.42 Å². The van der Waals surface area contributed by atoms with E-state index in [2.05, 4.69) is 19.8 Å². The summed E-state index contributed by atoms with van der Waals surface area (Å²) in [5.41, 5.74) is 0.851. The number of hydrogen-bond donors (Lipinski definition) is 2. The number of aromatic hydroxyl groups is 1. The van der Waals surface area contributed by atoms with E-state index in [1.807, 2.05) is 21.0 Å². The van der Waals surface area contributed by atoms with Crippen LogP contribution < -0.4 is 9.64 Å². The third-order valence-corrected chi connectivity index (χ3v) is 9.82. The number of aryl methyl sites for hydroxylation is 1. The molecule has 1 spiro atoms. The van der Waals surface area contributed by atoms with Crippen molar-refractivity contribution in [1.82, 2.24) is 19.9 Å². The Morgan fingerprint density at radius 1 is 1.11 bits per heavy atom. The third-order valence-electron chi connectivity index (χ3n) is 9.82. The lowest BCUT2D eigenvalue weighted by Crippen LogP contribution is -2.52. The van der Waals surface area contributed by atoms with Crippen molar-refractivity contribution in [2.45, 2.75) is 58.0 Å². The molecule has 7 rings (SSSR count). The Balaban J connectivity index is 1.36. The zero-order valence-corrected chi connectivity index (χ0v) is 25.5. The van der Waals surface area contributed by atoms with Crippen LogP contribution in [0.1, 0.15) is 51.0 Å². The molecule has 1 saturated heterocycles. The highest BCUT2D eigenvalue weighted by atomic mass is 19.1. The second kappa shape index (κ2) is 10.8. The van der Waals surface area contributed by atoms with Gasteiger partial charge in [-0.15, -0.1) is 0 Å². The molecule has 2 aliphatic carbocycles. The Hall–Kier alpha value is -3.63.